The first-order valence-electron chi connectivity index (χ1n) is 9.63. The average molecular weight is 362 g/mol. The maximum Gasteiger partial charge on any atom is 0.320 e. The van der Waals surface area contributed by atoms with Gasteiger partial charge in [0, 0.05) is 5.92 Å². The van der Waals surface area contributed by atoms with Gasteiger partial charge in [-0.15, -0.1) is 0 Å². The Bertz CT molecular complexity index is 728. The molecular formula is C20H26O6. The van der Waals surface area contributed by atoms with Gasteiger partial charge in [0.05, 0.1) is 5.41 Å². The molecule has 2 saturated heterocycles. The molecule has 5 aliphatic rings. The molecule has 1 unspecified atom stereocenters. The van der Waals surface area contributed by atoms with Crippen molar-refractivity contribution in [1.82, 2.24) is 0 Å². The summed E-state index contributed by atoms with van der Waals surface area (Å²) in [6.07, 6.45) is 0.276. The van der Waals surface area contributed by atoms with Gasteiger partial charge in [0.1, 0.15) is 11.5 Å². The van der Waals surface area contributed by atoms with Crippen molar-refractivity contribution in [3.8, 4) is 0 Å². The number of carbonyl (C=O) groups excluding carboxylic acids is 2. The lowest BCUT2D eigenvalue weighted by Crippen LogP contribution is -2.69. The average Bonchev–Trinajstić information content (AvgIpc) is 2.96. The highest BCUT2D eigenvalue weighted by molar-refractivity contribution is 6.15. The van der Waals surface area contributed by atoms with Gasteiger partial charge in [-0.05, 0) is 54.9 Å². The molecule has 142 valence electrons. The molecule has 0 amide bonds. The zero-order valence-electron chi connectivity index (χ0n) is 15.2. The lowest BCUT2D eigenvalue weighted by atomic mass is 9.43. The van der Waals surface area contributed by atoms with Crippen molar-refractivity contribution < 1.29 is 29.3 Å². The van der Waals surface area contributed by atoms with E-state index in [0.717, 1.165) is 12.8 Å². The quantitative estimate of drug-likeness (QED) is 0.386. The monoisotopic (exact) mass is 362 g/mol. The molecule has 2 bridgehead atoms. The number of esters is 1. The van der Waals surface area contributed by atoms with E-state index in [1.165, 1.54) is 0 Å². The highest BCUT2D eigenvalue weighted by Crippen LogP contribution is 2.72. The van der Waals surface area contributed by atoms with Crippen LogP contribution in [0.4, 0.5) is 0 Å². The molecule has 0 radical (unpaired) electrons. The van der Waals surface area contributed by atoms with Gasteiger partial charge in [-0.3, -0.25) is 9.59 Å². The maximum absolute atomic E-state index is 13.2. The Morgan fingerprint density at radius 1 is 1.15 bits per heavy atom. The molecule has 3 saturated carbocycles. The molecule has 0 aromatic carbocycles. The Hall–Kier alpha value is -1.24. The van der Waals surface area contributed by atoms with Crippen LogP contribution in [0.1, 0.15) is 46.0 Å². The van der Waals surface area contributed by atoms with Crippen LogP contribution in [0.2, 0.25) is 0 Å². The summed E-state index contributed by atoms with van der Waals surface area (Å²) in [6.45, 7) is 8.07. The Morgan fingerprint density at radius 2 is 1.88 bits per heavy atom. The number of hydrogen-bond donors (Lipinski definition) is 2. The van der Waals surface area contributed by atoms with E-state index in [1.54, 1.807) is 0 Å². The molecule has 8 atom stereocenters. The molecule has 5 fully saturated rings. The normalized spacial score (nSPS) is 54.4. The van der Waals surface area contributed by atoms with Crippen LogP contribution in [-0.4, -0.2) is 40.6 Å². The number of hydrogen-bond acceptors (Lipinski definition) is 6. The molecule has 5 rings (SSSR count). The number of ketones is 1. The van der Waals surface area contributed by atoms with E-state index in [4.69, 9.17) is 9.47 Å². The van der Waals surface area contributed by atoms with Crippen molar-refractivity contribution in [2.45, 2.75) is 64.6 Å². The SMILES string of the molecule is C=C1C(=O)[C@]23C[C@H]1CC[C@H]2[C@@]12C(O)O[C@@H](O)[C@@H]1C(C)(C)CC[C@@H]2OC3=O. The fourth-order valence-corrected chi connectivity index (χ4v) is 7.33. The summed E-state index contributed by atoms with van der Waals surface area (Å²) in [7, 11) is 0. The minimum atomic E-state index is -1.27. The van der Waals surface area contributed by atoms with Crippen molar-refractivity contribution in [3.05, 3.63) is 12.2 Å². The molecule has 2 N–H and O–H groups in total. The molecule has 6 nitrogen and oxygen atoms in total. The Balaban J connectivity index is 1.75. The lowest BCUT2D eigenvalue weighted by molar-refractivity contribution is -0.267. The summed E-state index contributed by atoms with van der Waals surface area (Å²) in [5.74, 6) is -1.45. The second-order valence-electron chi connectivity index (χ2n) is 9.63. The predicted octanol–water partition coefficient (Wildman–Crippen LogP) is 1.54. The van der Waals surface area contributed by atoms with Crippen molar-refractivity contribution in [1.29, 1.82) is 0 Å². The van der Waals surface area contributed by atoms with Gasteiger partial charge in [0.25, 0.3) is 0 Å². The van der Waals surface area contributed by atoms with E-state index in [2.05, 4.69) is 20.4 Å². The summed E-state index contributed by atoms with van der Waals surface area (Å²) in [5, 5.41) is 21.7. The molecule has 6 heteroatoms. The Kier molecular flexibility index (Phi) is 3.10. The topological polar surface area (TPSA) is 93.1 Å². The number of aliphatic hydroxyl groups is 2. The van der Waals surface area contributed by atoms with Gasteiger partial charge in [0.2, 0.25) is 0 Å². The standard InChI is InChI=1S/C20H26O6/c1-9-10-4-5-11-19(8-10,14(9)21)16(23)25-12-6-7-18(2,3)13-15(22)26-17(24)20(11,12)13/h10-13,15,17,22,24H,1,4-8H2,2-3H3/t10-,11-,12+,13-,15-,17?,19+,20+/m1/s1. The third kappa shape index (κ3) is 1.57. The number of fused-ring (bicyclic) bond motifs is 1. The van der Waals surface area contributed by atoms with Gasteiger partial charge >= 0.3 is 5.97 Å². The van der Waals surface area contributed by atoms with E-state index in [0.29, 0.717) is 24.8 Å². The fraction of sp³-hybridized carbons (Fsp3) is 0.800. The minimum absolute atomic E-state index is 0.0127. The number of rotatable bonds is 0. The zero-order valence-corrected chi connectivity index (χ0v) is 15.2. The van der Waals surface area contributed by atoms with Crippen LogP contribution in [0.5, 0.6) is 0 Å². The predicted molar refractivity (Wildman–Crippen MR) is 89.3 cm³/mol. The third-order valence-corrected chi connectivity index (χ3v) is 8.34. The van der Waals surface area contributed by atoms with E-state index in [9.17, 15) is 19.8 Å². The van der Waals surface area contributed by atoms with Crippen LogP contribution >= 0.6 is 0 Å². The van der Waals surface area contributed by atoms with Crippen LogP contribution in [0.25, 0.3) is 0 Å². The van der Waals surface area contributed by atoms with E-state index in [-0.39, 0.29) is 23.0 Å². The molecule has 0 aromatic heterocycles. The van der Waals surface area contributed by atoms with Crippen molar-refractivity contribution in [2.24, 2.45) is 34.0 Å². The molecule has 2 aliphatic heterocycles. The Morgan fingerprint density at radius 3 is 2.62 bits per heavy atom. The lowest BCUT2D eigenvalue weighted by Gasteiger charge is -2.62. The molecule has 0 aromatic rings. The zero-order chi connectivity index (χ0) is 18.6. The smallest absolute Gasteiger partial charge is 0.320 e. The first-order chi connectivity index (χ1) is 12.2. The summed E-state index contributed by atoms with van der Waals surface area (Å²) >= 11 is 0. The highest BCUT2D eigenvalue weighted by atomic mass is 16.7. The first-order valence-corrected chi connectivity index (χ1v) is 9.63. The number of Topliss-reactive ketones (excluding diaryl/α,β-unsaturated/α-hetero) is 1. The van der Waals surface area contributed by atoms with Crippen LogP contribution in [-0.2, 0) is 19.1 Å². The number of aliphatic hydroxyl groups excluding tert-OH is 2. The van der Waals surface area contributed by atoms with Crippen LogP contribution < -0.4 is 0 Å². The molecule has 26 heavy (non-hydrogen) atoms. The molecule has 3 aliphatic carbocycles. The first kappa shape index (κ1) is 16.9. The third-order valence-electron chi connectivity index (χ3n) is 8.34. The highest BCUT2D eigenvalue weighted by Gasteiger charge is 2.79. The van der Waals surface area contributed by atoms with Crippen LogP contribution in [0, 0.1) is 34.0 Å². The van der Waals surface area contributed by atoms with Gasteiger partial charge in [-0.25, -0.2) is 0 Å². The van der Waals surface area contributed by atoms with E-state index in [1.807, 2.05) is 0 Å². The number of ether oxygens (including phenoxy) is 2. The van der Waals surface area contributed by atoms with Gasteiger partial charge in [0.15, 0.2) is 18.4 Å². The van der Waals surface area contributed by atoms with Crippen molar-refractivity contribution in [2.75, 3.05) is 0 Å². The van der Waals surface area contributed by atoms with Gasteiger partial charge in [-0.2, -0.15) is 0 Å². The number of allylic oxidation sites excluding steroid dienone is 1. The van der Waals surface area contributed by atoms with Crippen molar-refractivity contribution in [3.63, 3.8) is 0 Å². The Labute approximate surface area is 152 Å². The fourth-order valence-electron chi connectivity index (χ4n) is 7.33. The number of carbonyl (C=O) groups is 2. The van der Waals surface area contributed by atoms with Gasteiger partial charge in [-0.1, -0.05) is 20.4 Å². The van der Waals surface area contributed by atoms with Crippen LogP contribution in [0.15, 0.2) is 12.2 Å². The van der Waals surface area contributed by atoms with Gasteiger partial charge < -0.3 is 19.7 Å². The van der Waals surface area contributed by atoms with E-state index >= 15 is 0 Å². The maximum atomic E-state index is 13.2. The van der Waals surface area contributed by atoms with Crippen LogP contribution in [0.3, 0.4) is 0 Å². The molecular weight excluding hydrogens is 336 g/mol. The molecule has 2 heterocycles. The summed E-state index contributed by atoms with van der Waals surface area (Å²) in [5.41, 5.74) is -2.00. The summed E-state index contributed by atoms with van der Waals surface area (Å²) in [6, 6.07) is 0. The second-order valence-corrected chi connectivity index (χ2v) is 9.63. The summed E-state index contributed by atoms with van der Waals surface area (Å²) in [4.78, 5) is 26.3. The summed E-state index contributed by atoms with van der Waals surface area (Å²) < 4.78 is 11.4. The molecule has 2 spiro atoms. The largest absolute Gasteiger partial charge is 0.461 e. The second kappa shape index (κ2) is 4.78. The minimum Gasteiger partial charge on any atom is -0.461 e. The van der Waals surface area contributed by atoms with Crippen molar-refractivity contribution >= 4 is 11.8 Å². The van der Waals surface area contributed by atoms with E-state index < -0.39 is 41.4 Å².